The zero-order chi connectivity index (χ0) is 15.1. The summed E-state index contributed by atoms with van der Waals surface area (Å²) in [5, 5.41) is 3.47. The largest absolute Gasteiger partial charge is 0.468 e. The summed E-state index contributed by atoms with van der Waals surface area (Å²) in [7, 11) is 2.24. The molecule has 4 nitrogen and oxygen atoms in total. The fraction of sp³-hybridized carbons (Fsp3) is 0.765. The van der Waals surface area contributed by atoms with Crippen LogP contribution in [0.2, 0.25) is 0 Å². The summed E-state index contributed by atoms with van der Waals surface area (Å²) in [6, 6.07) is 2.75. The van der Waals surface area contributed by atoms with Crippen LogP contribution in [0.4, 0.5) is 0 Å². The molecule has 0 aliphatic carbocycles. The third-order valence-electron chi connectivity index (χ3n) is 4.42. The Morgan fingerprint density at radius 2 is 2.19 bits per heavy atom. The Kier molecular flexibility index (Phi) is 6.74. The monoisotopic (exact) mass is 293 g/mol. The van der Waals surface area contributed by atoms with E-state index in [0.717, 1.165) is 25.4 Å². The molecule has 1 saturated heterocycles. The summed E-state index contributed by atoms with van der Waals surface area (Å²) in [5.41, 5.74) is 1.32. The number of rotatable bonds is 7. The van der Waals surface area contributed by atoms with E-state index >= 15 is 0 Å². The van der Waals surface area contributed by atoms with Crippen molar-refractivity contribution in [2.75, 3.05) is 33.2 Å². The van der Waals surface area contributed by atoms with Crippen LogP contribution >= 0.6 is 0 Å². The highest BCUT2D eigenvalue weighted by Gasteiger charge is 2.23. The Labute approximate surface area is 129 Å². The van der Waals surface area contributed by atoms with Crippen molar-refractivity contribution in [2.45, 2.75) is 52.2 Å². The summed E-state index contributed by atoms with van der Waals surface area (Å²) in [5.74, 6) is 1.14. The van der Waals surface area contributed by atoms with Crippen molar-refractivity contribution in [1.82, 2.24) is 15.1 Å². The number of furan rings is 1. The van der Waals surface area contributed by atoms with Crippen LogP contribution in [0.5, 0.6) is 0 Å². The lowest BCUT2D eigenvalue weighted by Crippen LogP contribution is -2.39. The van der Waals surface area contributed by atoms with E-state index in [1.165, 1.54) is 44.5 Å². The van der Waals surface area contributed by atoms with Gasteiger partial charge in [-0.1, -0.05) is 13.8 Å². The van der Waals surface area contributed by atoms with Gasteiger partial charge in [-0.2, -0.15) is 0 Å². The molecule has 1 N–H and O–H groups in total. The Hall–Kier alpha value is -0.840. The van der Waals surface area contributed by atoms with Gasteiger partial charge in [0, 0.05) is 31.2 Å². The predicted octanol–water partition coefficient (Wildman–Crippen LogP) is 2.70. The molecule has 1 aromatic rings. The van der Waals surface area contributed by atoms with E-state index in [9.17, 15) is 0 Å². The predicted molar refractivity (Wildman–Crippen MR) is 87.3 cm³/mol. The van der Waals surface area contributed by atoms with Crippen LogP contribution in [0.15, 0.2) is 16.7 Å². The molecule has 4 heteroatoms. The molecule has 2 heterocycles. The Morgan fingerprint density at radius 3 is 2.95 bits per heavy atom. The van der Waals surface area contributed by atoms with Crippen LogP contribution < -0.4 is 5.32 Å². The number of nitrogens with zero attached hydrogens (tertiary/aromatic N) is 2. The van der Waals surface area contributed by atoms with Crippen molar-refractivity contribution >= 4 is 0 Å². The minimum Gasteiger partial charge on any atom is -0.468 e. The summed E-state index contributed by atoms with van der Waals surface area (Å²) in [6.45, 7) is 11.0. The summed E-state index contributed by atoms with van der Waals surface area (Å²) >= 11 is 0. The lowest BCUT2D eigenvalue weighted by molar-refractivity contribution is 0.163. The van der Waals surface area contributed by atoms with Crippen LogP contribution in [0.3, 0.4) is 0 Å². The quantitative estimate of drug-likeness (QED) is 0.783. The molecule has 1 atom stereocenters. The minimum atomic E-state index is 0.638. The maximum Gasteiger partial charge on any atom is 0.122 e. The van der Waals surface area contributed by atoms with Crippen LogP contribution in [0.1, 0.15) is 44.4 Å². The van der Waals surface area contributed by atoms with E-state index in [1.54, 1.807) is 0 Å². The Balaban J connectivity index is 1.97. The summed E-state index contributed by atoms with van der Waals surface area (Å²) in [6.07, 6.45) is 5.46. The molecule has 1 unspecified atom stereocenters. The van der Waals surface area contributed by atoms with Crippen LogP contribution in [0.25, 0.3) is 0 Å². The average Bonchev–Trinajstić information content (AvgIpc) is 2.83. The van der Waals surface area contributed by atoms with E-state index in [2.05, 4.69) is 42.1 Å². The third kappa shape index (κ3) is 4.83. The van der Waals surface area contributed by atoms with Crippen molar-refractivity contribution in [1.29, 1.82) is 0 Å². The molecule has 0 radical (unpaired) electrons. The summed E-state index contributed by atoms with van der Waals surface area (Å²) < 4.78 is 5.76. The number of nitrogens with one attached hydrogen (secondary N) is 1. The highest BCUT2D eigenvalue weighted by Crippen LogP contribution is 2.19. The van der Waals surface area contributed by atoms with Gasteiger partial charge in [-0.3, -0.25) is 4.90 Å². The normalized spacial score (nSPS) is 21.6. The van der Waals surface area contributed by atoms with Gasteiger partial charge in [-0.25, -0.2) is 0 Å². The van der Waals surface area contributed by atoms with Gasteiger partial charge in [0.05, 0.1) is 12.8 Å². The van der Waals surface area contributed by atoms with E-state index in [4.69, 9.17) is 4.42 Å². The first kappa shape index (κ1) is 16.5. The lowest BCUT2D eigenvalue weighted by Gasteiger charge is -2.29. The van der Waals surface area contributed by atoms with Crippen molar-refractivity contribution in [2.24, 2.45) is 0 Å². The molecule has 0 spiro atoms. The van der Waals surface area contributed by atoms with Gasteiger partial charge < -0.3 is 14.6 Å². The van der Waals surface area contributed by atoms with Crippen LogP contribution in [-0.4, -0.2) is 49.1 Å². The molecular formula is C17H31N3O. The molecule has 1 aromatic heterocycles. The van der Waals surface area contributed by atoms with Crippen LogP contribution in [0, 0.1) is 0 Å². The van der Waals surface area contributed by atoms with Crippen molar-refractivity contribution < 1.29 is 4.42 Å². The van der Waals surface area contributed by atoms with Crippen molar-refractivity contribution in [3.8, 4) is 0 Å². The molecule has 1 aliphatic heterocycles. The topological polar surface area (TPSA) is 31.7 Å². The Bertz CT molecular complexity index is 404. The molecule has 1 fully saturated rings. The van der Waals surface area contributed by atoms with Gasteiger partial charge in [0.25, 0.3) is 0 Å². The number of hydrogen-bond acceptors (Lipinski definition) is 4. The second-order valence-corrected chi connectivity index (χ2v) is 6.19. The average molecular weight is 293 g/mol. The van der Waals surface area contributed by atoms with Crippen molar-refractivity contribution in [3.63, 3.8) is 0 Å². The minimum absolute atomic E-state index is 0.638. The van der Waals surface area contributed by atoms with E-state index in [0.29, 0.717) is 6.04 Å². The molecule has 0 amide bonds. The van der Waals surface area contributed by atoms with Gasteiger partial charge in [-0.05, 0) is 45.5 Å². The Morgan fingerprint density at radius 1 is 1.33 bits per heavy atom. The maximum absolute atomic E-state index is 5.76. The fourth-order valence-corrected chi connectivity index (χ4v) is 3.14. The van der Waals surface area contributed by atoms with E-state index < -0.39 is 0 Å². The molecule has 2 rings (SSSR count). The van der Waals surface area contributed by atoms with E-state index in [-0.39, 0.29) is 0 Å². The molecule has 0 saturated carbocycles. The highest BCUT2D eigenvalue weighted by molar-refractivity contribution is 5.17. The molecule has 0 bridgehead atoms. The van der Waals surface area contributed by atoms with Crippen LogP contribution in [-0.2, 0) is 13.1 Å². The smallest absolute Gasteiger partial charge is 0.122 e. The zero-order valence-corrected chi connectivity index (χ0v) is 13.9. The molecule has 21 heavy (non-hydrogen) atoms. The highest BCUT2D eigenvalue weighted by atomic mass is 16.3. The first-order chi connectivity index (χ1) is 10.2. The lowest BCUT2D eigenvalue weighted by atomic mass is 10.1. The molecule has 120 valence electrons. The van der Waals surface area contributed by atoms with Gasteiger partial charge in [0.15, 0.2) is 0 Å². The first-order valence-corrected chi connectivity index (χ1v) is 8.43. The van der Waals surface area contributed by atoms with E-state index in [1.807, 2.05) is 6.26 Å². The number of likely N-dealkylation sites (N-methyl/N-ethyl adjacent to an activating group) is 1. The van der Waals surface area contributed by atoms with Gasteiger partial charge >= 0.3 is 0 Å². The molecule has 0 aromatic carbocycles. The van der Waals surface area contributed by atoms with Gasteiger partial charge in [-0.15, -0.1) is 0 Å². The molecule has 1 aliphatic rings. The van der Waals surface area contributed by atoms with Gasteiger partial charge in [0.1, 0.15) is 5.76 Å². The fourth-order valence-electron chi connectivity index (χ4n) is 3.14. The summed E-state index contributed by atoms with van der Waals surface area (Å²) in [4.78, 5) is 5.06. The SMILES string of the molecule is CCCNCc1ccoc1CN1CCCN(C)CC1CC. The third-order valence-corrected chi connectivity index (χ3v) is 4.42. The molecular weight excluding hydrogens is 262 g/mol. The standard InChI is InChI=1S/C17H31N3O/c1-4-8-18-12-15-7-11-21-17(15)14-20-10-6-9-19(3)13-16(20)5-2/h7,11,16,18H,4-6,8-10,12-14H2,1-3H3. The second-order valence-electron chi connectivity index (χ2n) is 6.19. The van der Waals surface area contributed by atoms with Gasteiger partial charge in [0.2, 0.25) is 0 Å². The van der Waals surface area contributed by atoms with Crippen molar-refractivity contribution in [3.05, 3.63) is 23.7 Å². The zero-order valence-electron chi connectivity index (χ0n) is 13.9. The maximum atomic E-state index is 5.76. The first-order valence-electron chi connectivity index (χ1n) is 8.43. The number of hydrogen-bond donors (Lipinski definition) is 1. The second kappa shape index (κ2) is 8.57.